The van der Waals surface area contributed by atoms with Crippen molar-refractivity contribution in [3.8, 4) is 0 Å². The van der Waals surface area contributed by atoms with Crippen molar-refractivity contribution in [2.24, 2.45) is 0 Å². The molecule has 132 valence electrons. The lowest BCUT2D eigenvalue weighted by Crippen LogP contribution is -2.22. The van der Waals surface area contributed by atoms with Crippen LogP contribution in [0.25, 0.3) is 0 Å². The van der Waals surface area contributed by atoms with Crippen LogP contribution in [-0.4, -0.2) is 50.3 Å². The number of nitrogens with zero attached hydrogens (tertiary/aromatic N) is 2. The molecule has 0 fully saturated rings. The summed E-state index contributed by atoms with van der Waals surface area (Å²) in [5.74, 6) is -1.20. The van der Waals surface area contributed by atoms with Gasteiger partial charge >= 0.3 is 5.97 Å². The Hall–Kier alpha value is -2.78. The number of carbonyl (C=O) groups excluding carboxylic acids is 2. The van der Waals surface area contributed by atoms with E-state index in [0.29, 0.717) is 5.69 Å². The lowest BCUT2D eigenvalue weighted by atomic mass is 10.3. The van der Waals surface area contributed by atoms with Crippen LogP contribution in [0.2, 0.25) is 0 Å². The highest BCUT2D eigenvalue weighted by molar-refractivity contribution is 7.89. The first-order chi connectivity index (χ1) is 11.8. The molecule has 0 bridgehead atoms. The third kappa shape index (κ3) is 4.85. The van der Waals surface area contributed by atoms with Gasteiger partial charge in [-0.25, -0.2) is 17.5 Å². The Morgan fingerprint density at radius 1 is 1.16 bits per heavy atom. The van der Waals surface area contributed by atoms with E-state index in [1.807, 2.05) is 0 Å². The van der Waals surface area contributed by atoms with Crippen LogP contribution >= 0.6 is 0 Å². The van der Waals surface area contributed by atoms with Gasteiger partial charge in [-0.1, -0.05) is 0 Å². The second kappa shape index (κ2) is 7.86. The summed E-state index contributed by atoms with van der Waals surface area (Å²) in [6.07, 6.45) is 2.85. The Morgan fingerprint density at radius 2 is 1.84 bits per heavy atom. The van der Waals surface area contributed by atoms with Gasteiger partial charge < -0.3 is 10.1 Å². The minimum atomic E-state index is -3.53. The Balaban J connectivity index is 1.92. The predicted octanol–water partition coefficient (Wildman–Crippen LogP) is 1.13. The molecule has 25 heavy (non-hydrogen) atoms. The van der Waals surface area contributed by atoms with Crippen molar-refractivity contribution >= 4 is 27.6 Å². The van der Waals surface area contributed by atoms with Crippen molar-refractivity contribution in [3.63, 3.8) is 0 Å². The molecule has 0 aliphatic heterocycles. The molecule has 0 aliphatic rings. The molecule has 0 saturated carbocycles. The molecule has 1 amide bonds. The molecule has 1 heterocycles. The molecule has 2 aromatic rings. The fraction of sp³-hybridized carbons (Fsp3) is 0.188. The molecule has 0 atom stereocenters. The van der Waals surface area contributed by atoms with Crippen molar-refractivity contribution in [3.05, 3.63) is 54.4 Å². The Morgan fingerprint density at radius 3 is 2.40 bits per heavy atom. The molecule has 8 nitrogen and oxygen atoms in total. The molecule has 1 N–H and O–H groups in total. The van der Waals surface area contributed by atoms with Crippen molar-refractivity contribution in [2.75, 3.05) is 26.0 Å². The number of pyridine rings is 1. The molecule has 1 aromatic carbocycles. The number of aromatic nitrogens is 1. The van der Waals surface area contributed by atoms with Gasteiger partial charge in [0.2, 0.25) is 10.0 Å². The van der Waals surface area contributed by atoms with Crippen LogP contribution in [-0.2, 0) is 19.6 Å². The first kappa shape index (κ1) is 18.6. The van der Waals surface area contributed by atoms with Crippen LogP contribution in [0.5, 0.6) is 0 Å². The summed E-state index contributed by atoms with van der Waals surface area (Å²) < 4.78 is 29.9. The summed E-state index contributed by atoms with van der Waals surface area (Å²) in [5, 5.41) is 2.52. The third-order valence-electron chi connectivity index (χ3n) is 3.15. The van der Waals surface area contributed by atoms with E-state index in [2.05, 4.69) is 10.3 Å². The zero-order valence-corrected chi connectivity index (χ0v) is 14.5. The van der Waals surface area contributed by atoms with Gasteiger partial charge in [0.15, 0.2) is 6.61 Å². The van der Waals surface area contributed by atoms with E-state index in [4.69, 9.17) is 4.74 Å². The standard InChI is InChI=1S/C16H17N3O5S/c1-19(2)25(22,23)14-7-5-13(6-8-14)18-15(20)11-24-16(21)12-4-3-9-17-10-12/h3-10H,11H2,1-2H3,(H,18,20). The van der Waals surface area contributed by atoms with Crippen LogP contribution in [0, 0.1) is 0 Å². The molecule has 0 spiro atoms. The van der Waals surface area contributed by atoms with Gasteiger partial charge in [0.1, 0.15) is 0 Å². The zero-order valence-electron chi connectivity index (χ0n) is 13.7. The number of sulfonamides is 1. The maximum absolute atomic E-state index is 12.0. The van der Waals surface area contributed by atoms with Crippen molar-refractivity contribution in [1.29, 1.82) is 0 Å². The minimum Gasteiger partial charge on any atom is -0.452 e. The van der Waals surface area contributed by atoms with Crippen molar-refractivity contribution in [1.82, 2.24) is 9.29 Å². The number of nitrogens with one attached hydrogen (secondary N) is 1. The second-order valence-electron chi connectivity index (χ2n) is 5.18. The number of ether oxygens (including phenoxy) is 1. The van der Waals surface area contributed by atoms with E-state index in [1.165, 1.54) is 56.8 Å². The molecule has 1 aromatic heterocycles. The number of anilines is 1. The van der Waals surface area contributed by atoms with E-state index >= 15 is 0 Å². The number of amides is 1. The number of hydrogen-bond donors (Lipinski definition) is 1. The number of hydrogen-bond acceptors (Lipinski definition) is 6. The molecular formula is C16H17N3O5S. The number of benzene rings is 1. The van der Waals surface area contributed by atoms with E-state index in [1.54, 1.807) is 6.07 Å². The van der Waals surface area contributed by atoms with Crippen molar-refractivity contribution < 1.29 is 22.7 Å². The van der Waals surface area contributed by atoms with Crippen LogP contribution in [0.4, 0.5) is 5.69 Å². The largest absolute Gasteiger partial charge is 0.452 e. The first-order valence-corrected chi connectivity index (χ1v) is 8.64. The minimum absolute atomic E-state index is 0.110. The molecular weight excluding hydrogens is 346 g/mol. The van der Waals surface area contributed by atoms with Gasteiger partial charge in [0.05, 0.1) is 10.5 Å². The maximum Gasteiger partial charge on any atom is 0.340 e. The highest BCUT2D eigenvalue weighted by atomic mass is 32.2. The topological polar surface area (TPSA) is 106 Å². The summed E-state index contributed by atoms with van der Waals surface area (Å²) in [6.45, 7) is -0.467. The van der Waals surface area contributed by atoms with Gasteiger partial charge in [-0.2, -0.15) is 0 Å². The van der Waals surface area contributed by atoms with Gasteiger partial charge in [-0.15, -0.1) is 0 Å². The molecule has 2 rings (SSSR count). The normalized spacial score (nSPS) is 11.2. The summed E-state index contributed by atoms with van der Waals surface area (Å²) in [7, 11) is -0.665. The average Bonchev–Trinajstić information content (AvgIpc) is 2.60. The van der Waals surface area contributed by atoms with Crippen LogP contribution in [0.1, 0.15) is 10.4 Å². The summed E-state index contributed by atoms with van der Waals surface area (Å²) in [5.41, 5.74) is 0.633. The average molecular weight is 363 g/mol. The van der Waals surface area contributed by atoms with Gasteiger partial charge in [-0.3, -0.25) is 9.78 Å². The van der Waals surface area contributed by atoms with E-state index < -0.39 is 28.5 Å². The Kier molecular flexibility index (Phi) is 5.84. The summed E-state index contributed by atoms with van der Waals surface area (Å²) >= 11 is 0. The first-order valence-electron chi connectivity index (χ1n) is 7.20. The summed E-state index contributed by atoms with van der Waals surface area (Å²) in [4.78, 5) is 27.4. The fourth-order valence-corrected chi connectivity index (χ4v) is 2.72. The lowest BCUT2D eigenvalue weighted by Gasteiger charge is -2.12. The molecule has 0 aliphatic carbocycles. The number of esters is 1. The fourth-order valence-electron chi connectivity index (χ4n) is 1.82. The van der Waals surface area contributed by atoms with Crippen LogP contribution in [0.3, 0.4) is 0 Å². The van der Waals surface area contributed by atoms with Crippen LogP contribution < -0.4 is 5.32 Å². The van der Waals surface area contributed by atoms with E-state index in [-0.39, 0.29) is 10.5 Å². The third-order valence-corrected chi connectivity index (χ3v) is 4.98. The molecule has 9 heteroatoms. The van der Waals surface area contributed by atoms with Gasteiger partial charge in [0, 0.05) is 32.2 Å². The van der Waals surface area contributed by atoms with Gasteiger partial charge in [0.25, 0.3) is 5.91 Å². The lowest BCUT2D eigenvalue weighted by molar-refractivity contribution is -0.119. The monoisotopic (exact) mass is 363 g/mol. The zero-order chi connectivity index (χ0) is 18.4. The van der Waals surface area contributed by atoms with Crippen LogP contribution in [0.15, 0.2) is 53.7 Å². The van der Waals surface area contributed by atoms with E-state index in [9.17, 15) is 18.0 Å². The van der Waals surface area contributed by atoms with E-state index in [0.717, 1.165) is 4.31 Å². The quantitative estimate of drug-likeness (QED) is 0.771. The number of carbonyl (C=O) groups is 2. The highest BCUT2D eigenvalue weighted by Gasteiger charge is 2.17. The SMILES string of the molecule is CN(C)S(=O)(=O)c1ccc(NC(=O)COC(=O)c2cccnc2)cc1. The Labute approximate surface area is 145 Å². The molecule has 0 radical (unpaired) electrons. The molecule has 0 unspecified atom stereocenters. The smallest absolute Gasteiger partial charge is 0.340 e. The molecule has 0 saturated heterocycles. The van der Waals surface area contributed by atoms with Crippen molar-refractivity contribution in [2.45, 2.75) is 4.90 Å². The summed E-state index contributed by atoms with van der Waals surface area (Å²) in [6, 6.07) is 8.78. The van der Waals surface area contributed by atoms with Gasteiger partial charge in [-0.05, 0) is 36.4 Å². The number of rotatable bonds is 6. The predicted molar refractivity (Wildman–Crippen MR) is 90.5 cm³/mol. The highest BCUT2D eigenvalue weighted by Crippen LogP contribution is 2.16. The maximum atomic E-state index is 12.0. The second-order valence-corrected chi connectivity index (χ2v) is 7.33. The Bertz CT molecular complexity index is 849.